The van der Waals surface area contributed by atoms with Gasteiger partial charge < -0.3 is 10.6 Å². The minimum atomic E-state index is 0. The van der Waals surface area contributed by atoms with E-state index in [1.807, 2.05) is 11.9 Å². The number of likely N-dealkylation sites (tertiary alicyclic amines) is 1. The van der Waals surface area contributed by atoms with Gasteiger partial charge in [0.1, 0.15) is 0 Å². The monoisotopic (exact) mass is 242 g/mol. The Balaban J connectivity index is 0. The van der Waals surface area contributed by atoms with Crippen molar-refractivity contribution in [2.45, 2.75) is 26.3 Å². The second-order valence-electron chi connectivity index (χ2n) is 3.85. The van der Waals surface area contributed by atoms with Gasteiger partial charge in [-0.05, 0) is 19.3 Å². The topological polar surface area (TPSA) is 46.3 Å². The predicted octanol–water partition coefficient (Wildman–Crippen LogP) is 1.29. The van der Waals surface area contributed by atoms with E-state index in [1.165, 1.54) is 0 Å². The van der Waals surface area contributed by atoms with Gasteiger partial charge >= 0.3 is 0 Å². The Kier molecular flexibility index (Phi) is 7.62. The van der Waals surface area contributed by atoms with Crippen molar-refractivity contribution in [3.05, 3.63) is 0 Å². The van der Waals surface area contributed by atoms with E-state index in [2.05, 4.69) is 13.8 Å². The van der Waals surface area contributed by atoms with Crippen molar-refractivity contribution < 1.29 is 4.79 Å². The Labute approximate surface area is 98.2 Å². The Bertz CT molecular complexity index is 190. The molecule has 1 rings (SSSR count). The zero-order valence-corrected chi connectivity index (χ0v) is 10.5. The van der Waals surface area contributed by atoms with Crippen LogP contribution in [0.1, 0.15) is 20.3 Å². The van der Waals surface area contributed by atoms with Gasteiger partial charge in [-0.3, -0.25) is 4.79 Å². The number of nitrogens with zero attached hydrogens (tertiary/aromatic N) is 1. The molecule has 0 unspecified atom stereocenters. The minimum Gasteiger partial charge on any atom is -0.343 e. The average molecular weight is 243 g/mol. The molecule has 1 fully saturated rings. The fourth-order valence-electron chi connectivity index (χ4n) is 1.92. The maximum atomic E-state index is 11.6. The summed E-state index contributed by atoms with van der Waals surface area (Å²) in [5, 5.41) is 0. The number of halogens is 2. The fourth-order valence-corrected chi connectivity index (χ4v) is 1.92. The van der Waals surface area contributed by atoms with E-state index in [-0.39, 0.29) is 36.6 Å². The van der Waals surface area contributed by atoms with Gasteiger partial charge in [0.2, 0.25) is 5.91 Å². The van der Waals surface area contributed by atoms with Crippen LogP contribution in [0.4, 0.5) is 0 Å². The van der Waals surface area contributed by atoms with Crippen LogP contribution in [0.25, 0.3) is 0 Å². The molecule has 1 saturated heterocycles. The Morgan fingerprint density at radius 1 is 1.43 bits per heavy atom. The van der Waals surface area contributed by atoms with Crippen molar-refractivity contribution in [2.24, 2.45) is 17.6 Å². The molecule has 0 radical (unpaired) electrons. The zero-order chi connectivity index (χ0) is 9.30. The lowest BCUT2D eigenvalue weighted by atomic mass is 9.83. The van der Waals surface area contributed by atoms with Gasteiger partial charge in [-0.1, -0.05) is 6.92 Å². The summed E-state index contributed by atoms with van der Waals surface area (Å²) < 4.78 is 0. The lowest BCUT2D eigenvalue weighted by Crippen LogP contribution is -2.49. The van der Waals surface area contributed by atoms with E-state index in [0.29, 0.717) is 18.5 Å². The first-order valence-corrected chi connectivity index (χ1v) is 4.54. The first-order valence-electron chi connectivity index (χ1n) is 4.54. The Morgan fingerprint density at radius 3 is 2.36 bits per heavy atom. The number of hydrogen-bond donors (Lipinski definition) is 1. The summed E-state index contributed by atoms with van der Waals surface area (Å²) in [6.45, 7) is 4.68. The molecule has 0 aromatic heterocycles. The lowest BCUT2D eigenvalue weighted by Gasteiger charge is -2.38. The van der Waals surface area contributed by atoms with E-state index < -0.39 is 0 Å². The summed E-state index contributed by atoms with van der Waals surface area (Å²) in [5.41, 5.74) is 5.54. The average Bonchev–Trinajstić information content (AvgIpc) is 2.01. The molecule has 1 aliphatic rings. The summed E-state index contributed by atoms with van der Waals surface area (Å²) in [7, 11) is 1.86. The van der Waals surface area contributed by atoms with Crippen LogP contribution in [0.15, 0.2) is 0 Å². The smallest absolute Gasteiger partial charge is 0.227 e. The van der Waals surface area contributed by atoms with E-state index >= 15 is 0 Å². The molecule has 3 atom stereocenters. The van der Waals surface area contributed by atoms with Gasteiger partial charge in [-0.25, -0.2) is 0 Å². The fraction of sp³-hybridized carbons (Fsp3) is 0.889. The first-order chi connectivity index (χ1) is 5.57. The minimum absolute atomic E-state index is 0. The summed E-state index contributed by atoms with van der Waals surface area (Å²) in [4.78, 5) is 13.4. The number of amides is 1. The predicted molar refractivity (Wildman–Crippen MR) is 63.1 cm³/mol. The molecule has 0 saturated carbocycles. The van der Waals surface area contributed by atoms with E-state index in [0.717, 1.165) is 6.42 Å². The quantitative estimate of drug-likeness (QED) is 0.754. The van der Waals surface area contributed by atoms with Crippen molar-refractivity contribution in [1.29, 1.82) is 0 Å². The SMILES string of the molecule is C[C@@H]1C[C@H](C)[C@H](CN)C(=O)N1C.Cl.Cl. The van der Waals surface area contributed by atoms with Gasteiger partial charge in [-0.2, -0.15) is 0 Å². The molecule has 14 heavy (non-hydrogen) atoms. The van der Waals surface area contributed by atoms with Crippen LogP contribution in [-0.2, 0) is 4.79 Å². The molecular formula is C9H20Cl2N2O. The molecule has 0 aromatic rings. The molecule has 1 amide bonds. The number of carbonyl (C=O) groups is 1. The van der Waals surface area contributed by atoms with Crippen LogP contribution in [0.5, 0.6) is 0 Å². The number of rotatable bonds is 1. The van der Waals surface area contributed by atoms with E-state index in [9.17, 15) is 4.79 Å². The molecule has 0 bridgehead atoms. The standard InChI is InChI=1S/C9H18N2O.2ClH/c1-6-4-7(2)11(3)9(12)8(6)5-10;;/h6-8H,4-5,10H2,1-3H3;2*1H/t6-,7+,8-;;/m0../s1. The molecule has 0 aliphatic carbocycles. The summed E-state index contributed by atoms with van der Waals surface area (Å²) in [5.74, 6) is 0.698. The highest BCUT2D eigenvalue weighted by atomic mass is 35.5. The van der Waals surface area contributed by atoms with Crippen molar-refractivity contribution in [3.8, 4) is 0 Å². The van der Waals surface area contributed by atoms with Crippen LogP contribution >= 0.6 is 24.8 Å². The van der Waals surface area contributed by atoms with Crippen molar-refractivity contribution in [3.63, 3.8) is 0 Å². The third-order valence-corrected chi connectivity index (χ3v) is 2.98. The molecule has 86 valence electrons. The van der Waals surface area contributed by atoms with Gasteiger partial charge in [0.25, 0.3) is 0 Å². The zero-order valence-electron chi connectivity index (χ0n) is 8.90. The van der Waals surface area contributed by atoms with Gasteiger partial charge in [0, 0.05) is 19.6 Å². The summed E-state index contributed by atoms with van der Waals surface area (Å²) in [6.07, 6.45) is 1.07. The molecule has 2 N–H and O–H groups in total. The normalized spacial score (nSPS) is 31.9. The van der Waals surface area contributed by atoms with E-state index in [1.54, 1.807) is 0 Å². The molecule has 0 aromatic carbocycles. The number of hydrogen-bond acceptors (Lipinski definition) is 2. The van der Waals surface area contributed by atoms with Gasteiger partial charge in [-0.15, -0.1) is 24.8 Å². The number of piperidine rings is 1. The van der Waals surface area contributed by atoms with Crippen LogP contribution in [0.2, 0.25) is 0 Å². The largest absolute Gasteiger partial charge is 0.343 e. The van der Waals surface area contributed by atoms with E-state index in [4.69, 9.17) is 5.73 Å². The van der Waals surface area contributed by atoms with Gasteiger partial charge in [0.05, 0.1) is 5.92 Å². The van der Waals surface area contributed by atoms with Crippen LogP contribution in [0.3, 0.4) is 0 Å². The number of nitrogens with two attached hydrogens (primary N) is 1. The molecule has 3 nitrogen and oxygen atoms in total. The molecule has 1 aliphatic heterocycles. The Morgan fingerprint density at radius 2 is 1.93 bits per heavy atom. The van der Waals surface area contributed by atoms with Gasteiger partial charge in [0.15, 0.2) is 0 Å². The maximum Gasteiger partial charge on any atom is 0.227 e. The first kappa shape index (κ1) is 16.4. The van der Waals surface area contributed by atoms with Crippen LogP contribution in [-0.4, -0.2) is 30.4 Å². The van der Waals surface area contributed by atoms with Crippen LogP contribution < -0.4 is 5.73 Å². The highest BCUT2D eigenvalue weighted by molar-refractivity contribution is 5.85. The number of carbonyl (C=O) groups excluding carboxylic acids is 1. The maximum absolute atomic E-state index is 11.6. The molecule has 5 heteroatoms. The van der Waals surface area contributed by atoms with Crippen molar-refractivity contribution in [2.75, 3.05) is 13.6 Å². The third-order valence-electron chi connectivity index (χ3n) is 2.98. The highest BCUT2D eigenvalue weighted by Gasteiger charge is 2.34. The lowest BCUT2D eigenvalue weighted by molar-refractivity contribution is -0.141. The molecule has 0 spiro atoms. The molecular weight excluding hydrogens is 223 g/mol. The second-order valence-corrected chi connectivity index (χ2v) is 3.85. The summed E-state index contributed by atoms with van der Waals surface area (Å²) in [6, 6.07) is 0.371. The summed E-state index contributed by atoms with van der Waals surface area (Å²) >= 11 is 0. The second kappa shape index (κ2) is 6.49. The van der Waals surface area contributed by atoms with Crippen molar-refractivity contribution in [1.82, 2.24) is 4.90 Å². The third kappa shape index (κ3) is 3.01. The van der Waals surface area contributed by atoms with Crippen molar-refractivity contribution >= 4 is 30.7 Å². The van der Waals surface area contributed by atoms with Crippen LogP contribution in [0, 0.1) is 11.8 Å². The highest BCUT2D eigenvalue weighted by Crippen LogP contribution is 2.26. The Hall–Kier alpha value is 0.01000. The molecule has 1 heterocycles.